The molecule has 0 bridgehead atoms. The zero-order valence-corrected chi connectivity index (χ0v) is 17.4. The molecule has 4 rings (SSSR count). The first kappa shape index (κ1) is 22.7. The molecule has 0 atom stereocenters. The van der Waals surface area contributed by atoms with E-state index in [1.54, 1.807) is 35.8 Å². The van der Waals surface area contributed by atoms with Crippen LogP contribution < -0.4 is 5.32 Å². The number of carbonyl (C=O) groups excluding carboxylic acids is 2. The number of carbonyl (C=O) groups is 3. The number of likely N-dealkylation sites (tertiary alicyclic amines) is 1. The zero-order chi connectivity index (χ0) is 23.1. The minimum Gasteiger partial charge on any atom is -0.483 e. The molecule has 1 saturated heterocycles. The number of aryl methyl sites for hydroxylation is 1. The minimum absolute atomic E-state index is 0.150. The summed E-state index contributed by atoms with van der Waals surface area (Å²) in [6, 6.07) is 1.73. The summed E-state index contributed by atoms with van der Waals surface area (Å²) in [6.07, 6.45) is 8.32. The van der Waals surface area contributed by atoms with Gasteiger partial charge in [0.05, 0.1) is 30.3 Å². The van der Waals surface area contributed by atoms with Crippen LogP contribution in [0.15, 0.2) is 37.1 Å². The smallest absolute Gasteiger partial charge is 0.290 e. The third kappa shape index (κ3) is 5.03. The summed E-state index contributed by atoms with van der Waals surface area (Å²) in [6.45, 7) is 2.29. The first-order chi connectivity index (χ1) is 15.4. The van der Waals surface area contributed by atoms with Gasteiger partial charge in [0.2, 0.25) is 0 Å². The lowest BCUT2D eigenvalue weighted by molar-refractivity contribution is -0.144. The zero-order valence-electron chi connectivity index (χ0n) is 17.4. The topological polar surface area (TPSA) is 163 Å². The molecule has 3 aromatic rings. The van der Waals surface area contributed by atoms with E-state index in [2.05, 4.69) is 25.4 Å². The van der Waals surface area contributed by atoms with Crippen molar-refractivity contribution in [3.8, 4) is 0 Å². The Hall–Kier alpha value is -3.93. The number of amides is 2. The second-order valence-electron chi connectivity index (χ2n) is 7.21. The average molecular weight is 441 g/mol. The van der Waals surface area contributed by atoms with Crippen LogP contribution in [-0.4, -0.2) is 76.7 Å². The van der Waals surface area contributed by atoms with E-state index in [1.807, 2.05) is 6.92 Å². The number of carboxylic acid groups (broad SMARTS) is 1. The van der Waals surface area contributed by atoms with Crippen LogP contribution in [0.4, 0.5) is 0 Å². The number of hydrogen-bond donors (Lipinski definition) is 3. The number of aromatic nitrogens is 5. The van der Waals surface area contributed by atoms with Crippen molar-refractivity contribution in [2.75, 3.05) is 13.1 Å². The van der Waals surface area contributed by atoms with E-state index in [-0.39, 0.29) is 44.9 Å². The van der Waals surface area contributed by atoms with Crippen molar-refractivity contribution < 1.29 is 24.6 Å². The Labute approximate surface area is 182 Å². The van der Waals surface area contributed by atoms with Gasteiger partial charge in [0.1, 0.15) is 11.2 Å². The van der Waals surface area contributed by atoms with Gasteiger partial charge in [-0.05, 0) is 13.0 Å². The van der Waals surface area contributed by atoms with Crippen molar-refractivity contribution in [3.05, 3.63) is 54.0 Å². The monoisotopic (exact) mass is 441 g/mol. The highest BCUT2D eigenvalue weighted by Crippen LogP contribution is 2.24. The number of rotatable bonds is 4. The number of nitrogens with one attached hydrogen (secondary N) is 1. The summed E-state index contributed by atoms with van der Waals surface area (Å²) in [7, 11) is 0. The number of fused-ring (bicyclic) bond motifs is 1. The average Bonchev–Trinajstić information content (AvgIpc) is 3.23. The van der Waals surface area contributed by atoms with E-state index in [9.17, 15) is 14.7 Å². The standard InChI is InChI=1S/C19H21N7O3.CH2O2/c1-13-9-22-14(10-21-13)11-23-18(28)19(29)3-7-25(8-4-19)17(27)15-12-24-26-6-2-5-20-16(15)26;2-1-3/h2,5-6,9-10,12,29H,3-4,7-8,11H2,1H3,(H,23,28);1H,(H,2,3). The quantitative estimate of drug-likeness (QED) is 0.466. The van der Waals surface area contributed by atoms with Crippen molar-refractivity contribution >= 4 is 23.9 Å². The molecule has 0 radical (unpaired) electrons. The van der Waals surface area contributed by atoms with Crippen molar-refractivity contribution in [3.63, 3.8) is 0 Å². The van der Waals surface area contributed by atoms with Crippen molar-refractivity contribution in [2.45, 2.75) is 31.9 Å². The third-order valence-electron chi connectivity index (χ3n) is 5.07. The summed E-state index contributed by atoms with van der Waals surface area (Å²) in [5, 5.41) is 24.5. The van der Waals surface area contributed by atoms with Crippen LogP contribution in [0, 0.1) is 6.92 Å². The summed E-state index contributed by atoms with van der Waals surface area (Å²) < 4.78 is 1.54. The van der Waals surface area contributed by atoms with Gasteiger partial charge in [0.15, 0.2) is 5.65 Å². The molecule has 1 aliphatic heterocycles. The van der Waals surface area contributed by atoms with Crippen molar-refractivity contribution in [2.24, 2.45) is 0 Å². The van der Waals surface area contributed by atoms with Crippen molar-refractivity contribution in [1.82, 2.24) is 34.8 Å². The van der Waals surface area contributed by atoms with E-state index in [0.717, 1.165) is 5.69 Å². The third-order valence-corrected chi connectivity index (χ3v) is 5.07. The van der Waals surface area contributed by atoms with Gasteiger partial charge in [-0.15, -0.1) is 0 Å². The lowest BCUT2D eigenvalue weighted by atomic mass is 9.90. The van der Waals surface area contributed by atoms with Crippen LogP contribution in [-0.2, 0) is 16.1 Å². The lowest BCUT2D eigenvalue weighted by Crippen LogP contribution is -2.54. The van der Waals surface area contributed by atoms with E-state index in [4.69, 9.17) is 9.90 Å². The molecule has 0 aliphatic carbocycles. The van der Waals surface area contributed by atoms with E-state index < -0.39 is 11.5 Å². The van der Waals surface area contributed by atoms with E-state index in [0.29, 0.717) is 16.9 Å². The second-order valence-corrected chi connectivity index (χ2v) is 7.21. The highest BCUT2D eigenvalue weighted by Gasteiger charge is 2.40. The fourth-order valence-corrected chi connectivity index (χ4v) is 3.30. The maximum Gasteiger partial charge on any atom is 0.290 e. The second kappa shape index (κ2) is 9.92. The molecule has 4 heterocycles. The molecule has 2 amide bonds. The molecule has 0 spiro atoms. The molecule has 3 N–H and O–H groups in total. The molecule has 1 fully saturated rings. The molecule has 32 heavy (non-hydrogen) atoms. The van der Waals surface area contributed by atoms with E-state index in [1.165, 1.54) is 10.7 Å². The summed E-state index contributed by atoms with van der Waals surface area (Å²) in [4.78, 5) is 47.8. The predicted molar refractivity (Wildman–Crippen MR) is 110 cm³/mol. The normalized spacial score (nSPS) is 14.9. The van der Waals surface area contributed by atoms with Gasteiger partial charge in [-0.25, -0.2) is 9.50 Å². The van der Waals surface area contributed by atoms with Crippen molar-refractivity contribution in [1.29, 1.82) is 0 Å². The maximum atomic E-state index is 12.8. The number of nitrogens with zero attached hydrogens (tertiary/aromatic N) is 6. The van der Waals surface area contributed by atoms with E-state index >= 15 is 0 Å². The molecule has 0 unspecified atom stereocenters. The summed E-state index contributed by atoms with van der Waals surface area (Å²) in [5.74, 6) is -0.680. The van der Waals surface area contributed by atoms with Crippen LogP contribution in [0.25, 0.3) is 5.65 Å². The Morgan fingerprint density at radius 3 is 2.56 bits per heavy atom. The molecule has 12 heteroatoms. The molecule has 0 aromatic carbocycles. The van der Waals surface area contributed by atoms with Gasteiger partial charge in [-0.1, -0.05) is 0 Å². The molecule has 168 valence electrons. The maximum absolute atomic E-state index is 12.8. The summed E-state index contributed by atoms with van der Waals surface area (Å²) in [5.41, 5.74) is 0.764. The van der Waals surface area contributed by atoms with Crippen LogP contribution in [0.1, 0.15) is 34.6 Å². The van der Waals surface area contributed by atoms with Crippen LogP contribution in [0.2, 0.25) is 0 Å². The highest BCUT2D eigenvalue weighted by atomic mass is 16.3. The lowest BCUT2D eigenvalue weighted by Gasteiger charge is -2.36. The fourth-order valence-electron chi connectivity index (χ4n) is 3.30. The Kier molecular flexibility index (Phi) is 7.05. The van der Waals surface area contributed by atoms with Crippen LogP contribution in [0.5, 0.6) is 0 Å². The van der Waals surface area contributed by atoms with Gasteiger partial charge in [0, 0.05) is 44.5 Å². The Balaban J connectivity index is 0.000000913. The van der Waals surface area contributed by atoms with Gasteiger partial charge < -0.3 is 20.4 Å². The minimum atomic E-state index is -1.52. The Morgan fingerprint density at radius 1 is 1.19 bits per heavy atom. The van der Waals surface area contributed by atoms with Gasteiger partial charge >= 0.3 is 0 Å². The summed E-state index contributed by atoms with van der Waals surface area (Å²) >= 11 is 0. The first-order valence-electron chi connectivity index (χ1n) is 9.81. The van der Waals surface area contributed by atoms with Crippen LogP contribution in [0.3, 0.4) is 0 Å². The largest absolute Gasteiger partial charge is 0.483 e. The number of aliphatic hydroxyl groups is 1. The molecular weight excluding hydrogens is 418 g/mol. The molecule has 1 aliphatic rings. The number of piperidine rings is 1. The molecule has 12 nitrogen and oxygen atoms in total. The number of hydrogen-bond acceptors (Lipinski definition) is 8. The van der Waals surface area contributed by atoms with Gasteiger partial charge in [-0.2, -0.15) is 5.10 Å². The SMILES string of the molecule is Cc1cnc(CNC(=O)C2(O)CCN(C(=O)c3cnn4cccnc34)CC2)cn1.O=CO. The van der Waals surface area contributed by atoms with Crippen LogP contribution >= 0.6 is 0 Å². The Morgan fingerprint density at radius 2 is 1.91 bits per heavy atom. The van der Waals surface area contributed by atoms with Gasteiger partial charge in [0.25, 0.3) is 18.3 Å². The first-order valence-corrected chi connectivity index (χ1v) is 9.81. The molecular formula is C20H23N7O5. The highest BCUT2D eigenvalue weighted by molar-refractivity contribution is 5.99. The molecule has 0 saturated carbocycles. The Bertz CT molecular complexity index is 1090. The predicted octanol–water partition coefficient (Wildman–Crippen LogP) is -0.188. The van der Waals surface area contributed by atoms with Gasteiger partial charge in [-0.3, -0.25) is 24.4 Å². The molecule has 3 aromatic heterocycles. The fraction of sp³-hybridized carbons (Fsp3) is 0.350.